The molecule has 0 N–H and O–H groups in total. The van der Waals surface area contributed by atoms with Crippen molar-refractivity contribution in [1.82, 2.24) is 0 Å². The summed E-state index contributed by atoms with van der Waals surface area (Å²) in [4.78, 5) is 13.1. The molecule has 2 aromatic rings. The summed E-state index contributed by atoms with van der Waals surface area (Å²) in [6.45, 7) is 0. The van der Waals surface area contributed by atoms with Crippen LogP contribution >= 0.6 is 34.5 Å². The van der Waals surface area contributed by atoms with Gasteiger partial charge in [0.05, 0.1) is 10.8 Å². The summed E-state index contributed by atoms with van der Waals surface area (Å²) in [5.41, 5.74) is 1.02. The van der Waals surface area contributed by atoms with Gasteiger partial charge < -0.3 is 0 Å². The topological polar surface area (TPSA) is 17.1 Å². The number of alkyl halides is 1. The van der Waals surface area contributed by atoms with Gasteiger partial charge in [0.2, 0.25) is 0 Å². The Morgan fingerprint density at radius 3 is 2.75 bits per heavy atom. The number of hydrogen-bond donors (Lipinski definition) is 0. The van der Waals surface area contributed by atoms with Gasteiger partial charge in [0.25, 0.3) is 0 Å². The van der Waals surface area contributed by atoms with Gasteiger partial charge in [0.1, 0.15) is 0 Å². The van der Waals surface area contributed by atoms with Gasteiger partial charge in [0.15, 0.2) is 5.78 Å². The molecule has 0 aliphatic heterocycles. The number of carbonyl (C=O) groups excluding carboxylic acids is 1. The number of rotatable bonds is 3. The molecule has 0 spiro atoms. The van der Waals surface area contributed by atoms with Gasteiger partial charge in [-0.1, -0.05) is 23.7 Å². The molecule has 2 rings (SSSR count). The van der Waals surface area contributed by atoms with Crippen molar-refractivity contribution in [2.75, 3.05) is 5.88 Å². The fourth-order valence-electron chi connectivity index (χ4n) is 1.35. The Balaban J connectivity index is 2.35. The van der Waals surface area contributed by atoms with Crippen LogP contribution in [0.15, 0.2) is 36.4 Å². The smallest absolute Gasteiger partial charge is 0.187 e. The molecule has 0 unspecified atom stereocenters. The molecule has 0 radical (unpaired) electrons. The molecule has 0 fully saturated rings. The van der Waals surface area contributed by atoms with Crippen LogP contribution in [0.5, 0.6) is 0 Å². The number of thiophene rings is 1. The maximum atomic E-state index is 11.4. The van der Waals surface area contributed by atoms with E-state index in [-0.39, 0.29) is 11.7 Å². The van der Waals surface area contributed by atoms with Gasteiger partial charge in [-0.15, -0.1) is 22.9 Å². The first kappa shape index (κ1) is 11.6. The third-order valence-electron chi connectivity index (χ3n) is 2.11. The number of carbonyl (C=O) groups is 1. The van der Waals surface area contributed by atoms with E-state index in [0.717, 1.165) is 10.4 Å². The highest BCUT2D eigenvalue weighted by atomic mass is 35.5. The molecule has 1 aromatic carbocycles. The van der Waals surface area contributed by atoms with E-state index < -0.39 is 0 Å². The Hall–Kier alpha value is -0.830. The lowest BCUT2D eigenvalue weighted by Crippen LogP contribution is -1.95. The Morgan fingerprint density at radius 2 is 2.06 bits per heavy atom. The molecule has 0 saturated heterocycles. The molecule has 4 heteroatoms. The minimum Gasteiger partial charge on any atom is -0.292 e. The maximum Gasteiger partial charge on any atom is 0.187 e. The van der Waals surface area contributed by atoms with Crippen molar-refractivity contribution in [2.45, 2.75) is 0 Å². The summed E-state index contributed by atoms with van der Waals surface area (Å²) in [6.07, 6.45) is 0. The van der Waals surface area contributed by atoms with E-state index in [9.17, 15) is 4.79 Å². The van der Waals surface area contributed by atoms with E-state index in [1.165, 1.54) is 11.3 Å². The highest BCUT2D eigenvalue weighted by molar-refractivity contribution is 7.17. The van der Waals surface area contributed by atoms with Crippen LogP contribution in [0.1, 0.15) is 9.67 Å². The predicted octanol–water partition coefficient (Wildman–Crippen LogP) is 4.49. The number of benzene rings is 1. The van der Waals surface area contributed by atoms with Crippen LogP contribution in [0.25, 0.3) is 10.4 Å². The Kier molecular flexibility index (Phi) is 3.64. The van der Waals surface area contributed by atoms with Crippen molar-refractivity contribution in [3.8, 4) is 10.4 Å². The first-order valence-electron chi connectivity index (χ1n) is 4.65. The molecule has 16 heavy (non-hydrogen) atoms. The lowest BCUT2D eigenvalue weighted by Gasteiger charge is -1.97. The van der Waals surface area contributed by atoms with Crippen LogP contribution in [0.3, 0.4) is 0 Å². The molecule has 82 valence electrons. The van der Waals surface area contributed by atoms with Gasteiger partial charge in [0, 0.05) is 9.90 Å². The van der Waals surface area contributed by atoms with Gasteiger partial charge >= 0.3 is 0 Å². The number of hydrogen-bond acceptors (Lipinski definition) is 2. The summed E-state index contributed by atoms with van der Waals surface area (Å²) in [6, 6.07) is 11.3. The standard InChI is InChI=1S/C12H8Cl2OS/c13-7-10(15)12-5-4-11(16-12)8-2-1-3-9(14)6-8/h1-6H,7H2. The van der Waals surface area contributed by atoms with E-state index >= 15 is 0 Å². The van der Waals surface area contributed by atoms with E-state index in [4.69, 9.17) is 23.2 Å². The van der Waals surface area contributed by atoms with Crippen molar-refractivity contribution in [2.24, 2.45) is 0 Å². The molecule has 1 heterocycles. The molecule has 0 bridgehead atoms. The normalized spacial score (nSPS) is 10.4. The van der Waals surface area contributed by atoms with Crippen LogP contribution < -0.4 is 0 Å². The van der Waals surface area contributed by atoms with Gasteiger partial charge in [-0.05, 0) is 29.8 Å². The fraction of sp³-hybridized carbons (Fsp3) is 0.0833. The predicted molar refractivity (Wildman–Crippen MR) is 69.8 cm³/mol. The third-order valence-corrected chi connectivity index (χ3v) is 3.76. The average molecular weight is 271 g/mol. The minimum atomic E-state index is -0.0417. The van der Waals surface area contributed by atoms with Crippen molar-refractivity contribution >= 4 is 40.3 Å². The summed E-state index contributed by atoms with van der Waals surface area (Å²) in [7, 11) is 0. The van der Waals surface area contributed by atoms with Crippen molar-refractivity contribution in [1.29, 1.82) is 0 Å². The van der Waals surface area contributed by atoms with Gasteiger partial charge in [-0.2, -0.15) is 0 Å². The van der Waals surface area contributed by atoms with Crippen LogP contribution in [0, 0.1) is 0 Å². The summed E-state index contributed by atoms with van der Waals surface area (Å²) >= 11 is 12.8. The third kappa shape index (κ3) is 2.46. The fourth-order valence-corrected chi connectivity index (χ4v) is 2.70. The highest BCUT2D eigenvalue weighted by Crippen LogP contribution is 2.29. The maximum absolute atomic E-state index is 11.4. The second-order valence-corrected chi connectivity index (χ2v) is 5.02. The van der Waals surface area contributed by atoms with Crippen LogP contribution in [0.2, 0.25) is 5.02 Å². The summed E-state index contributed by atoms with van der Waals surface area (Å²) < 4.78 is 0. The van der Waals surface area contributed by atoms with Crippen molar-refractivity contribution in [3.63, 3.8) is 0 Å². The van der Waals surface area contributed by atoms with E-state index in [0.29, 0.717) is 9.90 Å². The molecule has 0 saturated carbocycles. The first-order valence-corrected chi connectivity index (χ1v) is 6.38. The van der Waals surface area contributed by atoms with E-state index in [2.05, 4.69) is 0 Å². The van der Waals surface area contributed by atoms with Gasteiger partial charge in [-0.3, -0.25) is 4.79 Å². The van der Waals surface area contributed by atoms with Crippen LogP contribution in [0.4, 0.5) is 0 Å². The molecule has 0 aliphatic carbocycles. The zero-order valence-corrected chi connectivity index (χ0v) is 10.6. The highest BCUT2D eigenvalue weighted by Gasteiger charge is 2.09. The lowest BCUT2D eigenvalue weighted by molar-refractivity contribution is 0.102. The quantitative estimate of drug-likeness (QED) is 0.593. The number of halogens is 2. The average Bonchev–Trinajstić information content (AvgIpc) is 2.77. The largest absolute Gasteiger partial charge is 0.292 e. The zero-order valence-electron chi connectivity index (χ0n) is 8.24. The minimum absolute atomic E-state index is 0.0233. The second-order valence-electron chi connectivity index (χ2n) is 3.23. The summed E-state index contributed by atoms with van der Waals surface area (Å²) in [5, 5.41) is 0.691. The molecule has 1 aromatic heterocycles. The molecule has 0 aliphatic rings. The van der Waals surface area contributed by atoms with Crippen LogP contribution in [-0.4, -0.2) is 11.7 Å². The molecular formula is C12H8Cl2OS. The number of Topliss-reactive ketones (excluding diaryl/α,β-unsaturated/α-hetero) is 1. The van der Waals surface area contributed by atoms with Crippen LogP contribution in [-0.2, 0) is 0 Å². The molecule has 1 nitrogen and oxygen atoms in total. The molecule has 0 atom stereocenters. The Labute approximate surface area is 108 Å². The first-order chi connectivity index (χ1) is 7.70. The molecular weight excluding hydrogens is 263 g/mol. The lowest BCUT2D eigenvalue weighted by atomic mass is 10.2. The van der Waals surface area contributed by atoms with Crippen molar-refractivity contribution in [3.05, 3.63) is 46.3 Å². The van der Waals surface area contributed by atoms with Gasteiger partial charge in [-0.25, -0.2) is 0 Å². The van der Waals surface area contributed by atoms with E-state index in [1.807, 2.05) is 30.3 Å². The molecule has 0 amide bonds. The second kappa shape index (κ2) is 5.00. The zero-order chi connectivity index (χ0) is 11.5. The van der Waals surface area contributed by atoms with Crippen molar-refractivity contribution < 1.29 is 4.79 Å². The Morgan fingerprint density at radius 1 is 1.25 bits per heavy atom. The number of ketones is 1. The SMILES string of the molecule is O=C(CCl)c1ccc(-c2cccc(Cl)c2)s1. The summed E-state index contributed by atoms with van der Waals surface area (Å²) in [5.74, 6) is -0.0184. The van der Waals surface area contributed by atoms with E-state index in [1.54, 1.807) is 6.07 Å². The monoisotopic (exact) mass is 270 g/mol. The Bertz CT molecular complexity index is 519.